The fraction of sp³-hybridized carbons (Fsp3) is 0. The minimum Gasteiger partial charge on any atom is -0.379 e. The van der Waals surface area contributed by atoms with Crippen LogP contribution in [0, 0.1) is 10.1 Å². The van der Waals surface area contributed by atoms with Crippen molar-refractivity contribution < 1.29 is 4.92 Å². The van der Waals surface area contributed by atoms with Gasteiger partial charge in [0.15, 0.2) is 5.82 Å². The zero-order valence-corrected chi connectivity index (χ0v) is 4.00. The number of hydrogen-bond donors (Lipinski definition) is 3. The van der Waals surface area contributed by atoms with E-state index in [1.54, 1.807) is 0 Å². The summed E-state index contributed by atoms with van der Waals surface area (Å²) < 4.78 is 0. The summed E-state index contributed by atoms with van der Waals surface area (Å²) in [6.07, 6.45) is 0.569. The Labute approximate surface area is 45.3 Å². The van der Waals surface area contributed by atoms with Crippen molar-refractivity contribution in [1.82, 2.24) is 5.43 Å². The Morgan fingerprint density at radius 2 is 2.38 bits per heavy atom. The molecule has 0 bridgehead atoms. The fourth-order valence-electron chi connectivity index (χ4n) is 0.151. The van der Waals surface area contributed by atoms with Crippen LogP contribution in [-0.2, 0) is 0 Å². The minimum absolute atomic E-state index is 0.171. The third-order valence-electron chi connectivity index (χ3n) is 0.411. The average molecular weight is 118 g/mol. The second-order valence-corrected chi connectivity index (χ2v) is 1.01. The molecule has 0 saturated carbocycles. The maximum Gasteiger partial charge on any atom is 0.275 e. The van der Waals surface area contributed by atoms with Crippen LogP contribution in [0.1, 0.15) is 0 Å². The van der Waals surface area contributed by atoms with Gasteiger partial charge in [0.25, 0.3) is 6.20 Å². The molecule has 0 amide bonds. The third kappa shape index (κ3) is 2.91. The lowest BCUT2D eigenvalue weighted by molar-refractivity contribution is -0.403. The second-order valence-electron chi connectivity index (χ2n) is 1.01. The summed E-state index contributed by atoms with van der Waals surface area (Å²) in [5.41, 5.74) is 6.75. The monoisotopic (exact) mass is 118 g/mol. The normalized spacial score (nSPS) is 10.9. The number of hydrogen-bond acceptors (Lipinski definition) is 5. The summed E-state index contributed by atoms with van der Waals surface area (Å²) in [4.78, 5) is 8.82. The van der Waals surface area contributed by atoms with E-state index < -0.39 is 4.92 Å². The molecule has 0 rings (SSSR count). The van der Waals surface area contributed by atoms with Gasteiger partial charge in [-0.3, -0.25) is 10.1 Å². The summed E-state index contributed by atoms with van der Waals surface area (Å²) in [7, 11) is 0. The standard InChI is InChI=1S/C2H6N4O2/c3-2(5-4)1-6(7)8/h1,5H,3-4H2. The van der Waals surface area contributed by atoms with Crippen LogP contribution in [-0.4, -0.2) is 4.92 Å². The number of nitrogens with two attached hydrogens (primary N) is 2. The first-order valence-electron chi connectivity index (χ1n) is 1.74. The predicted octanol–water partition coefficient (Wildman–Crippen LogP) is -1.52. The van der Waals surface area contributed by atoms with E-state index in [0.29, 0.717) is 6.20 Å². The number of nitrogens with one attached hydrogen (secondary N) is 1. The van der Waals surface area contributed by atoms with Crippen LogP contribution in [0.15, 0.2) is 12.0 Å². The Morgan fingerprint density at radius 1 is 1.88 bits per heavy atom. The van der Waals surface area contributed by atoms with E-state index >= 15 is 0 Å². The molecule has 6 nitrogen and oxygen atoms in total. The van der Waals surface area contributed by atoms with Crippen molar-refractivity contribution in [2.75, 3.05) is 0 Å². The summed E-state index contributed by atoms with van der Waals surface area (Å²) >= 11 is 0. The Morgan fingerprint density at radius 3 is 2.50 bits per heavy atom. The molecule has 0 heterocycles. The van der Waals surface area contributed by atoms with E-state index in [0.717, 1.165) is 0 Å². The van der Waals surface area contributed by atoms with Gasteiger partial charge in [0.2, 0.25) is 0 Å². The van der Waals surface area contributed by atoms with E-state index in [-0.39, 0.29) is 5.82 Å². The van der Waals surface area contributed by atoms with E-state index in [1.165, 1.54) is 0 Å². The molecular weight excluding hydrogens is 112 g/mol. The van der Waals surface area contributed by atoms with Crippen LogP contribution in [0.2, 0.25) is 0 Å². The topological polar surface area (TPSA) is 107 Å². The van der Waals surface area contributed by atoms with Crippen LogP contribution in [0.25, 0.3) is 0 Å². The molecule has 6 heteroatoms. The second kappa shape index (κ2) is 2.80. The Bertz CT molecular complexity index is 119. The molecule has 0 fully saturated rings. The van der Waals surface area contributed by atoms with Crippen molar-refractivity contribution in [3.05, 3.63) is 22.1 Å². The molecule has 5 N–H and O–H groups in total. The Kier molecular flexibility index (Phi) is 2.35. The summed E-state index contributed by atoms with van der Waals surface area (Å²) in [6.45, 7) is 0. The molecule has 0 aromatic heterocycles. The molecule has 0 radical (unpaired) electrons. The maximum absolute atomic E-state index is 9.52. The van der Waals surface area contributed by atoms with Gasteiger partial charge in [0.1, 0.15) is 0 Å². The highest BCUT2D eigenvalue weighted by Gasteiger charge is 1.89. The van der Waals surface area contributed by atoms with E-state index in [1.807, 2.05) is 5.43 Å². The van der Waals surface area contributed by atoms with Crippen molar-refractivity contribution in [2.45, 2.75) is 0 Å². The average Bonchev–Trinajstić information content (AvgIpc) is 1.65. The van der Waals surface area contributed by atoms with Crippen LogP contribution in [0.5, 0.6) is 0 Å². The Balaban J connectivity index is 3.75. The van der Waals surface area contributed by atoms with Gasteiger partial charge in [-0.1, -0.05) is 0 Å². The van der Waals surface area contributed by atoms with Gasteiger partial charge >= 0.3 is 0 Å². The minimum atomic E-state index is -0.699. The van der Waals surface area contributed by atoms with Crippen molar-refractivity contribution in [3.8, 4) is 0 Å². The number of rotatable bonds is 2. The molecule has 0 aliphatic heterocycles. The molecule has 46 valence electrons. The molecule has 0 aliphatic rings. The molecule has 0 atom stereocenters. The largest absolute Gasteiger partial charge is 0.379 e. The Hall–Kier alpha value is -1.30. The van der Waals surface area contributed by atoms with Gasteiger partial charge < -0.3 is 11.2 Å². The van der Waals surface area contributed by atoms with Gasteiger partial charge in [-0.2, -0.15) is 0 Å². The van der Waals surface area contributed by atoms with Gasteiger partial charge in [-0.05, 0) is 0 Å². The molecule has 0 unspecified atom stereocenters. The first-order valence-corrected chi connectivity index (χ1v) is 1.74. The smallest absolute Gasteiger partial charge is 0.275 e. The van der Waals surface area contributed by atoms with E-state index in [9.17, 15) is 10.1 Å². The highest BCUT2D eigenvalue weighted by atomic mass is 16.6. The van der Waals surface area contributed by atoms with Crippen molar-refractivity contribution in [1.29, 1.82) is 0 Å². The zero-order valence-electron chi connectivity index (χ0n) is 4.00. The third-order valence-corrected chi connectivity index (χ3v) is 0.411. The molecular formula is C2H6N4O2. The molecule has 0 aliphatic carbocycles. The number of nitrogens with zero attached hydrogens (tertiary/aromatic N) is 1. The van der Waals surface area contributed by atoms with Gasteiger partial charge in [0, 0.05) is 0 Å². The highest BCUT2D eigenvalue weighted by molar-refractivity contribution is 4.83. The van der Waals surface area contributed by atoms with Gasteiger partial charge in [-0.15, -0.1) is 0 Å². The first-order chi connectivity index (χ1) is 3.66. The van der Waals surface area contributed by atoms with Gasteiger partial charge in [0.05, 0.1) is 4.92 Å². The van der Waals surface area contributed by atoms with Crippen LogP contribution in [0.3, 0.4) is 0 Å². The number of nitro groups is 1. The van der Waals surface area contributed by atoms with E-state index in [4.69, 9.17) is 5.73 Å². The SMILES string of the molecule is NNC(N)=C[N+](=O)[O-]. The molecule has 0 spiro atoms. The lowest BCUT2D eigenvalue weighted by atomic mass is 10.8. The van der Waals surface area contributed by atoms with Crippen molar-refractivity contribution in [2.24, 2.45) is 11.6 Å². The number of hydrazine groups is 1. The van der Waals surface area contributed by atoms with Crippen molar-refractivity contribution in [3.63, 3.8) is 0 Å². The summed E-state index contributed by atoms with van der Waals surface area (Å²) in [5.74, 6) is 4.50. The highest BCUT2D eigenvalue weighted by Crippen LogP contribution is 1.72. The van der Waals surface area contributed by atoms with Gasteiger partial charge in [-0.25, -0.2) is 5.84 Å². The van der Waals surface area contributed by atoms with E-state index in [2.05, 4.69) is 5.84 Å². The lowest BCUT2D eigenvalue weighted by Gasteiger charge is -1.90. The van der Waals surface area contributed by atoms with Crippen molar-refractivity contribution >= 4 is 0 Å². The summed E-state index contributed by atoms with van der Waals surface area (Å²) in [6, 6.07) is 0. The first kappa shape index (κ1) is 6.70. The molecule has 0 saturated heterocycles. The summed E-state index contributed by atoms with van der Waals surface area (Å²) in [5, 5.41) is 9.52. The molecule has 0 aromatic rings. The van der Waals surface area contributed by atoms with Crippen LogP contribution < -0.4 is 17.0 Å². The predicted molar refractivity (Wildman–Crippen MR) is 26.6 cm³/mol. The quantitative estimate of drug-likeness (QED) is 0.232. The van der Waals surface area contributed by atoms with Crippen LogP contribution >= 0.6 is 0 Å². The maximum atomic E-state index is 9.52. The molecule has 8 heavy (non-hydrogen) atoms. The zero-order chi connectivity index (χ0) is 6.57. The fourth-order valence-corrected chi connectivity index (χ4v) is 0.151. The lowest BCUT2D eigenvalue weighted by Crippen LogP contribution is -2.27. The van der Waals surface area contributed by atoms with Crippen LogP contribution in [0.4, 0.5) is 0 Å². The molecule has 0 aromatic carbocycles.